The van der Waals surface area contributed by atoms with E-state index in [1.165, 1.54) is 6.07 Å². The minimum Gasteiger partial charge on any atom is -0.353 e. The molecule has 2 aromatic rings. The van der Waals surface area contributed by atoms with Gasteiger partial charge < -0.3 is 10.2 Å². The molecule has 4 rings (SSSR count). The molecule has 1 N–H and O–H groups in total. The van der Waals surface area contributed by atoms with Gasteiger partial charge in [0, 0.05) is 56.7 Å². The molecule has 0 atom stereocenters. The van der Waals surface area contributed by atoms with E-state index >= 15 is 0 Å². The van der Waals surface area contributed by atoms with E-state index in [-0.39, 0.29) is 24.1 Å². The molecule has 1 aliphatic heterocycles. The Balaban J connectivity index is 1.42. The van der Waals surface area contributed by atoms with Crippen LogP contribution >= 0.6 is 0 Å². The maximum absolute atomic E-state index is 13.9. The molecule has 1 aromatic heterocycles. The molecule has 1 aliphatic carbocycles. The second-order valence-corrected chi connectivity index (χ2v) is 7.67. The Morgan fingerprint density at radius 1 is 1.29 bits per heavy atom. The van der Waals surface area contributed by atoms with Crippen molar-refractivity contribution in [1.29, 1.82) is 0 Å². The number of carbonyl (C=O) groups is 2. The van der Waals surface area contributed by atoms with Crippen LogP contribution in [0.2, 0.25) is 0 Å². The molecular formula is C21H25FN4O2. The highest BCUT2D eigenvalue weighted by molar-refractivity contribution is 5.79. The van der Waals surface area contributed by atoms with Gasteiger partial charge in [0.15, 0.2) is 0 Å². The van der Waals surface area contributed by atoms with Crippen molar-refractivity contribution in [1.82, 2.24) is 20.0 Å². The van der Waals surface area contributed by atoms with Gasteiger partial charge >= 0.3 is 0 Å². The summed E-state index contributed by atoms with van der Waals surface area (Å²) in [4.78, 5) is 26.5. The van der Waals surface area contributed by atoms with Crippen LogP contribution < -0.4 is 5.32 Å². The Kier molecular flexibility index (Phi) is 5.15. The molecule has 148 valence electrons. The second kappa shape index (κ2) is 7.73. The van der Waals surface area contributed by atoms with Gasteiger partial charge in [-0.05, 0) is 24.5 Å². The first-order chi connectivity index (χ1) is 13.5. The van der Waals surface area contributed by atoms with Crippen LogP contribution in [0.3, 0.4) is 0 Å². The minimum absolute atomic E-state index is 0.0569. The van der Waals surface area contributed by atoms with E-state index in [2.05, 4.69) is 10.4 Å². The number of hydrogen-bond donors (Lipinski definition) is 1. The highest BCUT2D eigenvalue weighted by atomic mass is 19.1. The number of hydrogen-bond acceptors (Lipinski definition) is 3. The van der Waals surface area contributed by atoms with Gasteiger partial charge in [-0.15, -0.1) is 0 Å². The predicted octanol–water partition coefficient (Wildman–Crippen LogP) is 1.90. The normalized spacial score (nSPS) is 16.0. The number of benzene rings is 1. The summed E-state index contributed by atoms with van der Waals surface area (Å²) in [5.74, 6) is -0.375. The van der Waals surface area contributed by atoms with Crippen molar-refractivity contribution in [2.75, 3.05) is 6.54 Å². The van der Waals surface area contributed by atoms with Crippen LogP contribution in [0.15, 0.2) is 24.3 Å². The summed E-state index contributed by atoms with van der Waals surface area (Å²) < 4.78 is 15.7. The SMILES string of the molecule is Cn1nc(CCC(=O)NC2CC2)c2c1CCN(C(=O)Cc1ccccc1F)C2. The molecule has 0 saturated heterocycles. The van der Waals surface area contributed by atoms with Gasteiger partial charge in [-0.2, -0.15) is 5.10 Å². The molecule has 2 aliphatic rings. The lowest BCUT2D eigenvalue weighted by Crippen LogP contribution is -2.37. The Hall–Kier alpha value is -2.70. The molecule has 1 fully saturated rings. The summed E-state index contributed by atoms with van der Waals surface area (Å²) in [5, 5.41) is 7.59. The summed E-state index contributed by atoms with van der Waals surface area (Å²) in [7, 11) is 1.91. The lowest BCUT2D eigenvalue weighted by Gasteiger charge is -2.28. The fourth-order valence-corrected chi connectivity index (χ4v) is 3.76. The van der Waals surface area contributed by atoms with Crippen LogP contribution in [-0.4, -0.2) is 39.1 Å². The van der Waals surface area contributed by atoms with Crippen molar-refractivity contribution in [2.45, 2.75) is 51.1 Å². The van der Waals surface area contributed by atoms with Crippen molar-refractivity contribution >= 4 is 11.8 Å². The number of fused-ring (bicyclic) bond motifs is 1. The fraction of sp³-hybridized carbons (Fsp3) is 0.476. The van der Waals surface area contributed by atoms with E-state index in [0.29, 0.717) is 37.5 Å². The highest BCUT2D eigenvalue weighted by Gasteiger charge is 2.28. The Morgan fingerprint density at radius 2 is 2.07 bits per heavy atom. The van der Waals surface area contributed by atoms with E-state index in [1.54, 1.807) is 23.1 Å². The fourth-order valence-electron chi connectivity index (χ4n) is 3.76. The number of carbonyl (C=O) groups excluding carboxylic acids is 2. The Labute approximate surface area is 163 Å². The molecule has 28 heavy (non-hydrogen) atoms. The van der Waals surface area contributed by atoms with Crippen LogP contribution in [0.25, 0.3) is 0 Å². The van der Waals surface area contributed by atoms with Crippen molar-refractivity contribution in [2.24, 2.45) is 7.05 Å². The Morgan fingerprint density at radius 3 is 2.82 bits per heavy atom. The standard InChI is InChI=1S/C21H25FN4O2/c1-25-19-10-11-26(21(28)12-14-4-2-3-5-17(14)22)13-16(19)18(24-25)8-9-20(27)23-15-6-7-15/h2-5,15H,6-13H2,1H3,(H,23,27). The molecule has 2 amide bonds. The maximum Gasteiger partial charge on any atom is 0.227 e. The average molecular weight is 384 g/mol. The van der Waals surface area contributed by atoms with E-state index in [4.69, 9.17) is 0 Å². The van der Waals surface area contributed by atoms with Crippen molar-refractivity contribution < 1.29 is 14.0 Å². The number of amides is 2. The summed E-state index contributed by atoms with van der Waals surface area (Å²) in [6.07, 6.45) is 3.89. The topological polar surface area (TPSA) is 67.2 Å². The quantitative estimate of drug-likeness (QED) is 0.827. The Bertz CT molecular complexity index is 904. The van der Waals surface area contributed by atoms with Crippen LogP contribution in [0, 0.1) is 5.82 Å². The number of rotatable bonds is 6. The van der Waals surface area contributed by atoms with Gasteiger partial charge in [0.05, 0.1) is 12.1 Å². The van der Waals surface area contributed by atoms with Crippen LogP contribution in [0.5, 0.6) is 0 Å². The second-order valence-electron chi connectivity index (χ2n) is 7.67. The molecule has 0 bridgehead atoms. The first-order valence-corrected chi connectivity index (χ1v) is 9.85. The molecule has 7 heteroatoms. The molecule has 0 spiro atoms. The lowest BCUT2D eigenvalue weighted by atomic mass is 10.0. The van der Waals surface area contributed by atoms with Gasteiger partial charge in [0.2, 0.25) is 11.8 Å². The van der Waals surface area contributed by atoms with E-state index in [0.717, 1.165) is 36.2 Å². The predicted molar refractivity (Wildman–Crippen MR) is 102 cm³/mol. The number of aryl methyl sites for hydroxylation is 2. The molecule has 1 aromatic carbocycles. The van der Waals surface area contributed by atoms with Gasteiger partial charge in [-0.25, -0.2) is 4.39 Å². The number of aromatic nitrogens is 2. The van der Waals surface area contributed by atoms with Crippen molar-refractivity contribution in [3.05, 3.63) is 52.6 Å². The number of nitrogens with one attached hydrogen (secondary N) is 1. The van der Waals surface area contributed by atoms with Gasteiger partial charge in [0.1, 0.15) is 5.82 Å². The third kappa shape index (κ3) is 4.08. The number of nitrogens with zero attached hydrogens (tertiary/aromatic N) is 3. The first kappa shape index (κ1) is 18.7. The molecule has 2 heterocycles. The van der Waals surface area contributed by atoms with Crippen LogP contribution in [-0.2, 0) is 42.4 Å². The lowest BCUT2D eigenvalue weighted by molar-refractivity contribution is -0.131. The highest BCUT2D eigenvalue weighted by Crippen LogP contribution is 2.24. The third-order valence-corrected chi connectivity index (χ3v) is 5.51. The first-order valence-electron chi connectivity index (χ1n) is 9.85. The van der Waals surface area contributed by atoms with Crippen LogP contribution in [0.1, 0.15) is 41.8 Å². The molecule has 6 nitrogen and oxygen atoms in total. The molecule has 0 unspecified atom stereocenters. The zero-order valence-corrected chi connectivity index (χ0v) is 16.1. The van der Waals surface area contributed by atoms with Crippen LogP contribution in [0.4, 0.5) is 4.39 Å². The van der Waals surface area contributed by atoms with Gasteiger partial charge in [-0.1, -0.05) is 18.2 Å². The van der Waals surface area contributed by atoms with Gasteiger partial charge in [-0.3, -0.25) is 14.3 Å². The van der Waals surface area contributed by atoms with Gasteiger partial charge in [0.25, 0.3) is 0 Å². The molecule has 0 radical (unpaired) electrons. The summed E-state index contributed by atoms with van der Waals surface area (Å²) in [6.45, 7) is 1.07. The zero-order chi connectivity index (χ0) is 19.7. The van der Waals surface area contributed by atoms with Crippen molar-refractivity contribution in [3.63, 3.8) is 0 Å². The van der Waals surface area contributed by atoms with E-state index in [9.17, 15) is 14.0 Å². The van der Waals surface area contributed by atoms with Crippen molar-refractivity contribution in [3.8, 4) is 0 Å². The average Bonchev–Trinajstić information content (AvgIpc) is 3.44. The minimum atomic E-state index is -0.350. The third-order valence-electron chi connectivity index (χ3n) is 5.51. The van der Waals surface area contributed by atoms with E-state index in [1.807, 2.05) is 11.7 Å². The summed E-state index contributed by atoms with van der Waals surface area (Å²) in [5.41, 5.74) is 3.45. The maximum atomic E-state index is 13.9. The zero-order valence-electron chi connectivity index (χ0n) is 16.1. The molecule has 1 saturated carbocycles. The smallest absolute Gasteiger partial charge is 0.227 e. The monoisotopic (exact) mass is 384 g/mol. The number of halogens is 1. The molecular weight excluding hydrogens is 359 g/mol. The summed E-state index contributed by atoms with van der Waals surface area (Å²) >= 11 is 0. The summed E-state index contributed by atoms with van der Waals surface area (Å²) in [6, 6.07) is 6.75. The van der Waals surface area contributed by atoms with E-state index < -0.39 is 0 Å². The largest absolute Gasteiger partial charge is 0.353 e.